The molecule has 0 aliphatic heterocycles. The van der Waals surface area contributed by atoms with Crippen LogP contribution in [0.15, 0.2) is 0 Å². The quantitative estimate of drug-likeness (QED) is 0.646. The van der Waals surface area contributed by atoms with E-state index in [2.05, 4.69) is 6.92 Å². The maximum atomic E-state index is 5.41. The summed E-state index contributed by atoms with van der Waals surface area (Å²) in [5.74, 6) is 0. The largest absolute Gasteiger partial charge is 0 e. The minimum Gasteiger partial charge on any atom is 0 e. The van der Waals surface area contributed by atoms with Crippen LogP contribution in [0.3, 0.4) is 0 Å². The molecular formula is C2H5ClHgTi. The van der Waals surface area contributed by atoms with E-state index in [1.165, 1.54) is 3.93 Å². The average Bonchev–Trinajstić information content (AvgIpc) is 1.37. The summed E-state index contributed by atoms with van der Waals surface area (Å²) < 4.78 is 1.31. The molecule has 26 valence electrons. The Balaban J connectivity index is 0. The van der Waals surface area contributed by atoms with Crippen LogP contribution in [0, 0.1) is 0 Å². The van der Waals surface area contributed by atoms with E-state index < -0.39 is 23.3 Å². The Labute approximate surface area is 63.4 Å². The maximum Gasteiger partial charge on any atom is 0 e. The molecule has 0 unspecified atom stereocenters. The van der Waals surface area contributed by atoms with Gasteiger partial charge in [0.15, 0.2) is 0 Å². The molecule has 0 aromatic heterocycles. The van der Waals surface area contributed by atoms with Gasteiger partial charge < -0.3 is 0 Å². The van der Waals surface area contributed by atoms with Crippen molar-refractivity contribution in [3.63, 3.8) is 0 Å². The van der Waals surface area contributed by atoms with Crippen LogP contribution < -0.4 is 0 Å². The Morgan fingerprint density at radius 3 is 2.00 bits per heavy atom. The van der Waals surface area contributed by atoms with Gasteiger partial charge in [0, 0.05) is 21.7 Å². The first-order valence-electron chi connectivity index (χ1n) is 1.47. The summed E-state index contributed by atoms with van der Waals surface area (Å²) in [5, 5.41) is 0. The molecule has 0 bridgehead atoms. The van der Waals surface area contributed by atoms with E-state index in [4.69, 9.17) is 8.25 Å². The van der Waals surface area contributed by atoms with E-state index in [-0.39, 0.29) is 21.7 Å². The standard InChI is InChI=1S/C2H5.ClH.Hg.Ti/c1-2;;;/h1H2,2H3;1H;;/q;;+1;/p-1. The third-order valence-corrected chi connectivity index (χ3v) is 4.97. The molecule has 5 heavy (non-hydrogen) atoms. The monoisotopic (exact) mass is 314 g/mol. The van der Waals surface area contributed by atoms with Gasteiger partial charge in [0.2, 0.25) is 0 Å². The molecule has 0 aromatic rings. The summed E-state index contributed by atoms with van der Waals surface area (Å²) in [6, 6.07) is 0. The molecule has 0 aliphatic rings. The fourth-order valence-corrected chi connectivity index (χ4v) is 0. The topological polar surface area (TPSA) is 0 Å². The smallest absolute Gasteiger partial charge is 0 e. The van der Waals surface area contributed by atoms with E-state index >= 15 is 0 Å². The van der Waals surface area contributed by atoms with E-state index in [1.807, 2.05) is 0 Å². The van der Waals surface area contributed by atoms with Crippen molar-refractivity contribution in [2.24, 2.45) is 0 Å². The summed E-state index contributed by atoms with van der Waals surface area (Å²) in [5.41, 5.74) is 0. The van der Waals surface area contributed by atoms with Gasteiger partial charge in [-0.3, -0.25) is 0 Å². The van der Waals surface area contributed by atoms with Gasteiger partial charge in [-0.2, -0.15) is 0 Å². The molecule has 0 radical (unpaired) electrons. The summed E-state index contributed by atoms with van der Waals surface area (Å²) in [6.07, 6.45) is 0. The van der Waals surface area contributed by atoms with Gasteiger partial charge in [-0.15, -0.1) is 0 Å². The molecule has 0 saturated carbocycles. The Morgan fingerprint density at radius 1 is 1.80 bits per heavy atom. The maximum absolute atomic E-state index is 5.41. The second-order valence-electron chi connectivity index (χ2n) is 0.689. The van der Waals surface area contributed by atoms with Gasteiger partial charge in [-0.25, -0.2) is 0 Å². The first-order valence-corrected chi connectivity index (χ1v) is 12.1. The van der Waals surface area contributed by atoms with E-state index in [9.17, 15) is 0 Å². The van der Waals surface area contributed by atoms with Crippen LogP contribution in [-0.4, -0.2) is 0 Å². The fraction of sp³-hybridized carbons (Fsp3) is 1.00. The van der Waals surface area contributed by atoms with Crippen LogP contribution in [0.1, 0.15) is 6.92 Å². The van der Waals surface area contributed by atoms with Crippen LogP contribution in [-0.2, 0) is 45.1 Å². The molecule has 0 atom stereocenters. The van der Waals surface area contributed by atoms with Gasteiger partial charge in [-0.1, -0.05) is 0 Å². The molecular weight excluding hydrogens is 308 g/mol. The molecule has 0 rings (SSSR count). The fourth-order valence-electron chi connectivity index (χ4n) is 0. The van der Waals surface area contributed by atoms with Crippen molar-refractivity contribution < 1.29 is 45.1 Å². The molecule has 3 heteroatoms. The predicted molar refractivity (Wildman–Crippen MR) is 16.3 cm³/mol. The van der Waals surface area contributed by atoms with Crippen molar-refractivity contribution in [1.82, 2.24) is 0 Å². The normalized spacial score (nSPS) is 4.40. The Kier molecular flexibility index (Phi) is 18.7. The van der Waals surface area contributed by atoms with Gasteiger partial charge in [-0.05, 0) is 0 Å². The Morgan fingerprint density at radius 2 is 2.00 bits per heavy atom. The van der Waals surface area contributed by atoms with Crippen molar-refractivity contribution in [2.45, 2.75) is 10.9 Å². The summed E-state index contributed by atoms with van der Waals surface area (Å²) >= 11 is -0.640. The number of hydrogen-bond donors (Lipinski definition) is 0. The van der Waals surface area contributed by atoms with Crippen LogP contribution >= 0.6 is 8.25 Å². The molecule has 0 saturated heterocycles. The number of rotatable bonds is 1. The van der Waals surface area contributed by atoms with Crippen LogP contribution in [0.2, 0.25) is 3.93 Å². The van der Waals surface area contributed by atoms with E-state index in [0.29, 0.717) is 0 Å². The predicted octanol–water partition coefficient (Wildman–Crippen LogP) is 1.66. The van der Waals surface area contributed by atoms with Crippen LogP contribution in [0.4, 0.5) is 0 Å². The van der Waals surface area contributed by atoms with Crippen molar-refractivity contribution in [3.8, 4) is 0 Å². The SMILES string of the molecule is C[CH2][Hg][Cl].[Ti]. The van der Waals surface area contributed by atoms with Crippen LogP contribution in [0.25, 0.3) is 0 Å². The molecule has 0 aliphatic carbocycles. The van der Waals surface area contributed by atoms with Crippen LogP contribution in [0.5, 0.6) is 0 Å². The number of halogens is 1. The van der Waals surface area contributed by atoms with E-state index in [1.54, 1.807) is 0 Å². The third-order valence-electron chi connectivity index (χ3n) is 0.189. The second kappa shape index (κ2) is 9.34. The zero-order valence-electron chi connectivity index (χ0n) is 3.29. The Hall–Kier alpha value is 1.94. The van der Waals surface area contributed by atoms with Gasteiger partial charge >= 0.3 is 42.4 Å². The van der Waals surface area contributed by atoms with Gasteiger partial charge in [0.25, 0.3) is 0 Å². The molecule has 0 N–H and O–H groups in total. The van der Waals surface area contributed by atoms with Crippen molar-refractivity contribution >= 4 is 8.25 Å². The second-order valence-corrected chi connectivity index (χ2v) is 9.36. The number of hydrogen-bond acceptors (Lipinski definition) is 0. The molecule has 0 spiro atoms. The average molecular weight is 313 g/mol. The molecule has 0 heterocycles. The van der Waals surface area contributed by atoms with Crippen molar-refractivity contribution in [1.29, 1.82) is 0 Å². The van der Waals surface area contributed by atoms with E-state index in [0.717, 1.165) is 0 Å². The minimum absolute atomic E-state index is 0. The Bertz CT molecular complexity index is 11.6. The molecule has 0 aromatic carbocycles. The van der Waals surface area contributed by atoms with Gasteiger partial charge in [0.05, 0.1) is 0 Å². The summed E-state index contributed by atoms with van der Waals surface area (Å²) in [7, 11) is 5.41. The van der Waals surface area contributed by atoms with Crippen molar-refractivity contribution in [2.75, 3.05) is 0 Å². The molecule has 0 amide bonds. The van der Waals surface area contributed by atoms with Gasteiger partial charge in [0.1, 0.15) is 0 Å². The summed E-state index contributed by atoms with van der Waals surface area (Å²) in [6.45, 7) is 2.15. The first kappa shape index (κ1) is 10.0. The van der Waals surface area contributed by atoms with Crippen molar-refractivity contribution in [3.05, 3.63) is 0 Å². The summed E-state index contributed by atoms with van der Waals surface area (Å²) in [4.78, 5) is 0. The first-order chi connectivity index (χ1) is 1.91. The zero-order chi connectivity index (χ0) is 3.41. The minimum atomic E-state index is -0.640. The zero-order valence-corrected chi connectivity index (χ0v) is 11.1. The molecule has 0 fully saturated rings. The third kappa shape index (κ3) is 10.7. The molecule has 0 nitrogen and oxygen atoms in total.